The molecule has 2 saturated heterocycles. The Balaban J connectivity index is 1.18. The second-order valence-corrected chi connectivity index (χ2v) is 12.1. The van der Waals surface area contributed by atoms with Gasteiger partial charge in [-0.05, 0) is 49.6 Å². The Hall–Kier alpha value is -3.41. The van der Waals surface area contributed by atoms with Gasteiger partial charge >= 0.3 is 0 Å². The minimum Gasteiger partial charge on any atom is -0.355 e. The molecule has 0 bridgehead atoms. The molecule has 1 aromatic heterocycles. The average Bonchev–Trinajstić information content (AvgIpc) is 3.34. The molecule has 0 atom stereocenters. The number of amides is 1. The molecule has 3 heterocycles. The van der Waals surface area contributed by atoms with Crippen LogP contribution in [0.1, 0.15) is 35.4 Å². The molecule has 0 unspecified atom stereocenters. The molecule has 0 N–H and O–H groups in total. The zero-order chi connectivity index (χ0) is 28.3. The molecule has 0 spiro atoms. The first kappa shape index (κ1) is 28.1. The summed E-state index contributed by atoms with van der Waals surface area (Å²) >= 11 is 0. The molecular weight excluding hydrogens is 538 g/mol. The Morgan fingerprint density at radius 1 is 1.00 bits per heavy atom. The van der Waals surface area contributed by atoms with Gasteiger partial charge in [0.1, 0.15) is 17.3 Å². The van der Waals surface area contributed by atoms with E-state index in [9.17, 15) is 22.0 Å². The highest BCUT2D eigenvalue weighted by atomic mass is 32.2. The second kappa shape index (κ2) is 12.0. The average molecular weight is 571 g/mol. The molecule has 2 fully saturated rings. The minimum atomic E-state index is -3.97. The van der Waals surface area contributed by atoms with Gasteiger partial charge in [0.25, 0.3) is 0 Å². The normalized spacial score (nSPS) is 18.0. The largest absolute Gasteiger partial charge is 0.355 e. The van der Waals surface area contributed by atoms with Gasteiger partial charge in [-0.3, -0.25) is 9.69 Å². The number of hydrogen-bond acceptors (Lipinski definition) is 6. The molecule has 0 radical (unpaired) electrons. The molecular formula is C29H32F2N4O4S. The van der Waals surface area contributed by atoms with Crippen LogP contribution < -0.4 is 0 Å². The third-order valence-corrected chi connectivity index (χ3v) is 9.60. The zero-order valence-corrected chi connectivity index (χ0v) is 23.1. The molecule has 5 rings (SSSR count). The van der Waals surface area contributed by atoms with E-state index in [1.807, 2.05) is 23.1 Å². The highest BCUT2D eigenvalue weighted by Gasteiger charge is 2.37. The van der Waals surface area contributed by atoms with E-state index in [0.29, 0.717) is 25.9 Å². The lowest BCUT2D eigenvalue weighted by Crippen LogP contribution is -2.51. The number of nitrogens with zero attached hydrogens (tertiary/aromatic N) is 4. The highest BCUT2D eigenvalue weighted by molar-refractivity contribution is 7.89. The first-order valence-corrected chi connectivity index (χ1v) is 14.8. The maximum Gasteiger partial charge on any atom is 0.248 e. The van der Waals surface area contributed by atoms with Crippen molar-refractivity contribution in [2.75, 3.05) is 39.3 Å². The van der Waals surface area contributed by atoms with Crippen LogP contribution >= 0.6 is 0 Å². The van der Waals surface area contributed by atoms with E-state index in [0.717, 1.165) is 31.8 Å². The first-order valence-electron chi connectivity index (χ1n) is 13.4. The van der Waals surface area contributed by atoms with Crippen molar-refractivity contribution < 1.29 is 26.5 Å². The first-order chi connectivity index (χ1) is 19.2. The fourth-order valence-corrected chi connectivity index (χ4v) is 7.02. The van der Waals surface area contributed by atoms with Crippen LogP contribution in [-0.2, 0) is 21.4 Å². The van der Waals surface area contributed by atoms with Gasteiger partial charge in [-0.1, -0.05) is 35.5 Å². The van der Waals surface area contributed by atoms with Crippen LogP contribution in [0.5, 0.6) is 0 Å². The predicted octanol–water partition coefficient (Wildman–Crippen LogP) is 4.18. The van der Waals surface area contributed by atoms with Gasteiger partial charge in [-0.2, -0.15) is 4.31 Å². The van der Waals surface area contributed by atoms with Crippen molar-refractivity contribution in [3.63, 3.8) is 0 Å². The van der Waals surface area contributed by atoms with Crippen LogP contribution in [0.3, 0.4) is 0 Å². The summed E-state index contributed by atoms with van der Waals surface area (Å²) in [5, 5.41) is 3.81. The van der Waals surface area contributed by atoms with Gasteiger partial charge in [0.15, 0.2) is 10.7 Å². The van der Waals surface area contributed by atoms with Crippen LogP contribution in [-0.4, -0.2) is 72.9 Å². The van der Waals surface area contributed by atoms with Crippen molar-refractivity contribution in [3.8, 4) is 0 Å². The molecule has 40 heavy (non-hydrogen) atoms. The number of benzene rings is 2. The molecule has 2 aromatic carbocycles. The monoisotopic (exact) mass is 570 g/mol. The number of carbonyl (C=O) groups excluding carboxylic acids is 1. The third kappa shape index (κ3) is 6.16. The Bertz CT molecular complexity index is 1480. The number of hydrogen-bond donors (Lipinski definition) is 0. The van der Waals surface area contributed by atoms with Gasteiger partial charge in [-0.15, -0.1) is 0 Å². The van der Waals surface area contributed by atoms with Gasteiger partial charge in [-0.25, -0.2) is 17.2 Å². The molecule has 3 aromatic rings. The quantitative estimate of drug-likeness (QED) is 0.424. The zero-order valence-electron chi connectivity index (χ0n) is 22.3. The van der Waals surface area contributed by atoms with Crippen molar-refractivity contribution in [1.29, 1.82) is 0 Å². The van der Waals surface area contributed by atoms with E-state index in [2.05, 4.69) is 22.2 Å². The van der Waals surface area contributed by atoms with E-state index >= 15 is 0 Å². The van der Waals surface area contributed by atoms with Crippen molar-refractivity contribution in [2.45, 2.75) is 31.2 Å². The number of halogens is 2. The summed E-state index contributed by atoms with van der Waals surface area (Å²) in [5.41, 5.74) is 1.52. The summed E-state index contributed by atoms with van der Waals surface area (Å²) in [5.74, 6) is -1.66. The number of piperazine rings is 1. The van der Waals surface area contributed by atoms with E-state index in [4.69, 9.17) is 4.52 Å². The number of piperidine rings is 1. The van der Waals surface area contributed by atoms with Crippen LogP contribution in [0, 0.1) is 24.5 Å². The summed E-state index contributed by atoms with van der Waals surface area (Å²) in [4.78, 5) is 17.4. The molecule has 0 aliphatic carbocycles. The molecule has 0 saturated carbocycles. The maximum absolute atomic E-state index is 14.0. The van der Waals surface area contributed by atoms with Gasteiger partial charge in [0, 0.05) is 63.4 Å². The number of rotatable bonds is 7. The Kier molecular flexibility index (Phi) is 8.43. The topological polar surface area (TPSA) is 87.0 Å². The highest BCUT2D eigenvalue weighted by Crippen LogP contribution is 2.30. The minimum absolute atomic E-state index is 0.0344. The molecule has 8 nitrogen and oxygen atoms in total. The Labute approximate surface area is 232 Å². The summed E-state index contributed by atoms with van der Waals surface area (Å²) in [6.45, 7) is 5.72. The van der Waals surface area contributed by atoms with E-state index in [1.54, 1.807) is 0 Å². The van der Waals surface area contributed by atoms with Crippen molar-refractivity contribution >= 4 is 28.1 Å². The summed E-state index contributed by atoms with van der Waals surface area (Å²) < 4.78 is 60.9. The van der Waals surface area contributed by atoms with E-state index < -0.39 is 21.7 Å². The van der Waals surface area contributed by atoms with E-state index in [1.165, 1.54) is 35.0 Å². The van der Waals surface area contributed by atoms with E-state index in [-0.39, 0.29) is 46.8 Å². The van der Waals surface area contributed by atoms with Gasteiger partial charge in [0.05, 0.1) is 0 Å². The van der Waals surface area contributed by atoms with Gasteiger partial charge in [0.2, 0.25) is 15.9 Å². The number of sulfonamides is 1. The lowest BCUT2D eigenvalue weighted by molar-refractivity contribution is -0.138. The fraction of sp³-hybridized carbons (Fsp3) is 0.379. The van der Waals surface area contributed by atoms with Crippen LogP contribution in [0.2, 0.25) is 0 Å². The SMILES string of the molecule is Cc1noc(/C=C/c2ccc(F)cc2F)c1S(=O)(=O)N1CCC(C(=O)N2CCN(Cc3ccccc3)CC2)CC1. The smallest absolute Gasteiger partial charge is 0.248 e. The Morgan fingerprint density at radius 2 is 1.70 bits per heavy atom. The number of carbonyl (C=O) groups is 1. The van der Waals surface area contributed by atoms with Crippen LogP contribution in [0.15, 0.2) is 57.9 Å². The van der Waals surface area contributed by atoms with Crippen molar-refractivity contribution in [2.24, 2.45) is 5.92 Å². The summed E-state index contributed by atoms with van der Waals surface area (Å²) in [6.07, 6.45) is 3.49. The predicted molar refractivity (Wildman–Crippen MR) is 146 cm³/mol. The molecule has 1 amide bonds. The van der Waals surface area contributed by atoms with Crippen LogP contribution in [0.25, 0.3) is 12.2 Å². The lowest BCUT2D eigenvalue weighted by atomic mass is 9.96. The fourth-order valence-electron chi connectivity index (χ4n) is 5.30. The summed E-state index contributed by atoms with van der Waals surface area (Å²) in [7, 11) is -3.97. The second-order valence-electron chi connectivity index (χ2n) is 10.2. The Morgan fingerprint density at radius 3 is 2.38 bits per heavy atom. The van der Waals surface area contributed by atoms with Crippen molar-refractivity contribution in [3.05, 3.63) is 82.7 Å². The molecule has 11 heteroatoms. The third-order valence-electron chi connectivity index (χ3n) is 7.54. The maximum atomic E-state index is 14.0. The molecule has 2 aliphatic heterocycles. The summed E-state index contributed by atoms with van der Waals surface area (Å²) in [6, 6.07) is 13.4. The lowest BCUT2D eigenvalue weighted by Gasteiger charge is -2.38. The number of aromatic nitrogens is 1. The molecule has 212 valence electrons. The standard InChI is InChI=1S/C29H32F2N4O4S/c1-21-28(27(39-32-21)10-8-23-7-9-25(30)19-26(23)31)40(37,38)35-13-11-24(12-14-35)29(36)34-17-15-33(16-18-34)20-22-5-3-2-4-6-22/h2-10,19,24H,11-18,20H2,1H3/b10-8+. The number of aryl methyl sites for hydroxylation is 1. The molecule has 2 aliphatic rings. The van der Waals surface area contributed by atoms with Gasteiger partial charge < -0.3 is 9.42 Å². The van der Waals surface area contributed by atoms with Crippen molar-refractivity contribution in [1.82, 2.24) is 19.3 Å². The van der Waals surface area contributed by atoms with Crippen LogP contribution in [0.4, 0.5) is 8.78 Å².